The van der Waals surface area contributed by atoms with Crippen LogP contribution in [0.1, 0.15) is 0 Å². The topological polar surface area (TPSA) is 112 Å². The molecule has 78 valence electrons. The van der Waals surface area contributed by atoms with Gasteiger partial charge in [-0.3, -0.25) is 4.79 Å². The quantitative estimate of drug-likeness (QED) is 0.557. The zero-order valence-electron chi connectivity index (χ0n) is 5.38. The van der Waals surface area contributed by atoms with E-state index in [0.29, 0.717) is 0 Å². The average molecular weight is 235 g/mol. The first-order chi connectivity index (χ1) is 3.85. The van der Waals surface area contributed by atoms with Crippen molar-refractivity contribution in [1.82, 2.24) is 0 Å². The minimum Gasteiger partial charge on any atom is -0.412 e. The lowest BCUT2D eigenvalue weighted by Gasteiger charge is -2.03. The number of hydrogen-bond acceptors (Lipinski definition) is 1. The van der Waals surface area contributed by atoms with Gasteiger partial charge < -0.3 is 16.4 Å². The van der Waals surface area contributed by atoms with Crippen molar-refractivity contribution in [3.8, 4) is 0 Å². The fraction of sp³-hybridized carbons (Fsp3) is 0.667. The van der Waals surface area contributed by atoms with Crippen molar-refractivity contribution < 1.29 is 34.4 Å². The monoisotopic (exact) mass is 234 g/mol. The van der Waals surface area contributed by atoms with E-state index in [4.69, 9.17) is 0 Å². The van der Waals surface area contributed by atoms with Crippen LogP contribution in [-0.2, 0) is 4.79 Å². The van der Waals surface area contributed by atoms with Gasteiger partial charge in [-0.05, 0) is 0 Å². The standard InChI is InChI=1S/C3HCl2F3O.3H2O/c4-2(5)1(9)3(6,7)8;;;/h2H;3*1H2. The van der Waals surface area contributed by atoms with Crippen molar-refractivity contribution in [2.45, 2.75) is 11.0 Å². The lowest BCUT2D eigenvalue weighted by Crippen LogP contribution is -2.27. The Kier molecular flexibility index (Phi) is 14.3. The van der Waals surface area contributed by atoms with E-state index in [-0.39, 0.29) is 16.4 Å². The van der Waals surface area contributed by atoms with Crippen LogP contribution in [-0.4, -0.2) is 33.2 Å². The summed E-state index contributed by atoms with van der Waals surface area (Å²) in [5.41, 5.74) is 0. The molecule has 0 aromatic carbocycles. The molecule has 0 bridgehead atoms. The molecule has 0 aromatic heterocycles. The van der Waals surface area contributed by atoms with E-state index in [0.717, 1.165) is 0 Å². The first kappa shape index (κ1) is 22.7. The van der Waals surface area contributed by atoms with Gasteiger partial charge in [-0.1, -0.05) is 23.2 Å². The van der Waals surface area contributed by atoms with Gasteiger partial charge in [0.2, 0.25) is 0 Å². The highest BCUT2D eigenvalue weighted by atomic mass is 35.5. The van der Waals surface area contributed by atoms with Gasteiger partial charge in [0, 0.05) is 0 Å². The Balaban J connectivity index is -0.000000107. The van der Waals surface area contributed by atoms with E-state index in [1.807, 2.05) is 0 Å². The molecule has 0 fully saturated rings. The molecule has 0 radical (unpaired) electrons. The molecular weight excluding hydrogens is 228 g/mol. The summed E-state index contributed by atoms with van der Waals surface area (Å²) >= 11 is 9.22. The van der Waals surface area contributed by atoms with E-state index >= 15 is 0 Å². The Bertz CT molecular complexity index is 125. The maximum atomic E-state index is 11.2. The molecule has 0 unspecified atom stereocenters. The second kappa shape index (κ2) is 7.56. The molecule has 0 saturated carbocycles. The number of Topliss-reactive ketones (excluding diaryl/α,β-unsaturated/α-hetero) is 1. The van der Waals surface area contributed by atoms with E-state index in [1.54, 1.807) is 0 Å². The summed E-state index contributed by atoms with van der Waals surface area (Å²) in [6.07, 6.45) is -4.92. The van der Waals surface area contributed by atoms with Crippen LogP contribution in [0.4, 0.5) is 13.2 Å². The molecule has 0 amide bonds. The number of rotatable bonds is 1. The van der Waals surface area contributed by atoms with E-state index < -0.39 is 16.8 Å². The SMILES string of the molecule is O.O.O.O=C(C(Cl)Cl)C(F)(F)F. The number of hydrogen-bond donors (Lipinski definition) is 0. The minimum atomic E-state index is -4.92. The summed E-state index contributed by atoms with van der Waals surface area (Å²) in [5.74, 6) is -2.13. The molecular formula is C3H7Cl2F3O4. The van der Waals surface area contributed by atoms with E-state index in [1.165, 1.54) is 0 Å². The van der Waals surface area contributed by atoms with Gasteiger partial charge in [-0.2, -0.15) is 13.2 Å². The third-order valence-corrected chi connectivity index (χ3v) is 0.874. The summed E-state index contributed by atoms with van der Waals surface area (Å²) in [5, 5.41) is 0. The first-order valence-corrected chi connectivity index (χ1v) is 2.62. The zero-order chi connectivity index (χ0) is 7.65. The third-order valence-electron chi connectivity index (χ3n) is 0.478. The Morgan fingerprint density at radius 3 is 1.33 bits per heavy atom. The fourth-order valence-electron chi connectivity index (χ4n) is 0.124. The molecule has 0 aliphatic carbocycles. The highest BCUT2D eigenvalue weighted by molar-refractivity contribution is 6.54. The summed E-state index contributed by atoms with van der Waals surface area (Å²) < 4.78 is 33.5. The molecule has 9 heteroatoms. The molecule has 0 heterocycles. The highest BCUT2D eigenvalue weighted by Gasteiger charge is 2.41. The van der Waals surface area contributed by atoms with Gasteiger partial charge in [0.05, 0.1) is 0 Å². The fourth-order valence-corrected chi connectivity index (χ4v) is 0.371. The van der Waals surface area contributed by atoms with Crippen LogP contribution in [0.25, 0.3) is 0 Å². The van der Waals surface area contributed by atoms with Gasteiger partial charge in [-0.15, -0.1) is 0 Å². The van der Waals surface area contributed by atoms with Crippen LogP contribution in [0, 0.1) is 0 Å². The second-order valence-corrected chi connectivity index (χ2v) is 2.26. The van der Waals surface area contributed by atoms with Crippen molar-refractivity contribution >= 4 is 29.0 Å². The van der Waals surface area contributed by atoms with Gasteiger partial charge in [-0.25, -0.2) is 0 Å². The summed E-state index contributed by atoms with van der Waals surface area (Å²) in [4.78, 5) is 7.77. The molecule has 12 heavy (non-hydrogen) atoms. The molecule has 0 saturated heterocycles. The third kappa shape index (κ3) is 8.02. The molecule has 4 nitrogen and oxygen atoms in total. The molecule has 0 aliphatic heterocycles. The van der Waals surface area contributed by atoms with Crippen molar-refractivity contribution in [1.29, 1.82) is 0 Å². The van der Waals surface area contributed by atoms with Crippen LogP contribution in [0.3, 0.4) is 0 Å². The Morgan fingerprint density at radius 2 is 1.33 bits per heavy atom. The van der Waals surface area contributed by atoms with Crippen molar-refractivity contribution in [2.24, 2.45) is 0 Å². The normalized spacial score (nSPS) is 9.17. The van der Waals surface area contributed by atoms with Gasteiger partial charge in [0.25, 0.3) is 5.78 Å². The van der Waals surface area contributed by atoms with Crippen molar-refractivity contribution in [3.63, 3.8) is 0 Å². The van der Waals surface area contributed by atoms with E-state index in [2.05, 4.69) is 23.2 Å². The average Bonchev–Trinajstić information content (AvgIpc) is 1.62. The second-order valence-electron chi connectivity index (χ2n) is 1.16. The lowest BCUT2D eigenvalue weighted by atomic mass is 10.4. The molecule has 0 rings (SSSR count). The van der Waals surface area contributed by atoms with Crippen molar-refractivity contribution in [3.05, 3.63) is 0 Å². The molecule has 0 spiro atoms. The smallest absolute Gasteiger partial charge is 0.412 e. The molecule has 6 N–H and O–H groups in total. The Hall–Kier alpha value is -0.0800. The van der Waals surface area contributed by atoms with E-state index in [9.17, 15) is 18.0 Å². The van der Waals surface area contributed by atoms with Crippen molar-refractivity contribution in [2.75, 3.05) is 0 Å². The molecule has 0 aromatic rings. The van der Waals surface area contributed by atoms with Crippen LogP contribution in [0.5, 0.6) is 0 Å². The van der Waals surface area contributed by atoms with Crippen LogP contribution in [0.2, 0.25) is 0 Å². The maximum absolute atomic E-state index is 11.2. The van der Waals surface area contributed by atoms with Gasteiger partial charge in [0.1, 0.15) is 0 Å². The maximum Gasteiger partial charge on any atom is 0.452 e. The summed E-state index contributed by atoms with van der Waals surface area (Å²) in [6, 6.07) is 0. The summed E-state index contributed by atoms with van der Waals surface area (Å²) in [7, 11) is 0. The van der Waals surface area contributed by atoms with Crippen LogP contribution < -0.4 is 0 Å². The number of carbonyl (C=O) groups is 1. The van der Waals surface area contributed by atoms with Gasteiger partial charge in [0.15, 0.2) is 4.84 Å². The van der Waals surface area contributed by atoms with Crippen LogP contribution >= 0.6 is 23.2 Å². The van der Waals surface area contributed by atoms with Gasteiger partial charge >= 0.3 is 6.18 Å². The number of ketones is 1. The number of alkyl halides is 5. The minimum absolute atomic E-state index is 0. The lowest BCUT2D eigenvalue weighted by molar-refractivity contribution is -0.169. The van der Waals surface area contributed by atoms with Crippen LogP contribution in [0.15, 0.2) is 0 Å². The largest absolute Gasteiger partial charge is 0.452 e. The number of halogens is 5. The predicted octanol–water partition coefficient (Wildman–Crippen LogP) is -0.553. The summed E-state index contributed by atoms with van der Waals surface area (Å²) in [6.45, 7) is 0. The highest BCUT2D eigenvalue weighted by Crippen LogP contribution is 2.21. The molecule has 0 atom stereocenters. The zero-order valence-corrected chi connectivity index (χ0v) is 6.89. The molecule has 0 aliphatic rings. The predicted molar refractivity (Wildman–Crippen MR) is 37.4 cm³/mol. The Morgan fingerprint density at radius 1 is 1.08 bits per heavy atom. The number of carbonyl (C=O) groups excluding carboxylic acids is 1. The first-order valence-electron chi connectivity index (χ1n) is 1.75. The Labute approximate surface area is 75.2 Å².